The van der Waals surface area contributed by atoms with Crippen LogP contribution in [0.25, 0.3) is 11.1 Å². The molecule has 2 amide bonds. The Balaban J connectivity index is 0.000000552. The molecule has 0 aliphatic carbocycles. The van der Waals surface area contributed by atoms with Crippen LogP contribution in [0.15, 0.2) is 54.6 Å². The third kappa shape index (κ3) is 6.19. The lowest BCUT2D eigenvalue weighted by Gasteiger charge is -2.16. The van der Waals surface area contributed by atoms with Gasteiger partial charge in [-0.3, -0.25) is 4.79 Å². The van der Waals surface area contributed by atoms with E-state index in [2.05, 4.69) is 16.0 Å². The minimum Gasteiger partial charge on any atom is -0.481 e. The van der Waals surface area contributed by atoms with Gasteiger partial charge in [0.05, 0.1) is 12.1 Å². The molecule has 0 bridgehead atoms. The van der Waals surface area contributed by atoms with E-state index in [1.807, 2.05) is 54.6 Å². The third-order valence-electron chi connectivity index (χ3n) is 3.75. The smallest absolute Gasteiger partial charge is 0.319 e. The molecule has 7 nitrogen and oxygen atoms in total. The van der Waals surface area contributed by atoms with Crippen molar-refractivity contribution in [3.05, 3.63) is 54.6 Å². The lowest BCUT2D eigenvalue weighted by Crippen LogP contribution is -2.44. The average molecular weight is 357 g/mol. The van der Waals surface area contributed by atoms with E-state index in [0.29, 0.717) is 13.1 Å². The molecule has 3 rings (SSSR count). The molecule has 0 aromatic heterocycles. The van der Waals surface area contributed by atoms with E-state index < -0.39 is 12.1 Å². The molecule has 0 radical (unpaired) electrons. The van der Waals surface area contributed by atoms with Gasteiger partial charge in [0.2, 0.25) is 0 Å². The zero-order chi connectivity index (χ0) is 18.9. The van der Waals surface area contributed by atoms with Crippen LogP contribution in [0.3, 0.4) is 0 Å². The Hall–Kier alpha value is -2.90. The Labute approximate surface area is 152 Å². The normalized spacial score (nSPS) is 18.4. The Bertz CT molecular complexity index is 715. The Morgan fingerprint density at radius 1 is 1.00 bits per heavy atom. The first-order chi connectivity index (χ1) is 12.5. The maximum Gasteiger partial charge on any atom is 0.319 e. The van der Waals surface area contributed by atoms with Gasteiger partial charge in [0, 0.05) is 25.7 Å². The Morgan fingerprint density at radius 2 is 1.58 bits per heavy atom. The van der Waals surface area contributed by atoms with Crippen molar-refractivity contribution in [3.8, 4) is 11.1 Å². The van der Waals surface area contributed by atoms with E-state index >= 15 is 0 Å². The van der Waals surface area contributed by atoms with Gasteiger partial charge in [-0.25, -0.2) is 4.79 Å². The van der Waals surface area contributed by atoms with Crippen LogP contribution >= 0.6 is 0 Å². The van der Waals surface area contributed by atoms with E-state index in [4.69, 9.17) is 9.90 Å². The van der Waals surface area contributed by atoms with Crippen molar-refractivity contribution in [1.82, 2.24) is 10.6 Å². The zero-order valence-corrected chi connectivity index (χ0v) is 14.5. The molecule has 0 saturated carbocycles. The van der Waals surface area contributed by atoms with Crippen molar-refractivity contribution in [2.75, 3.05) is 18.4 Å². The van der Waals surface area contributed by atoms with Crippen molar-refractivity contribution in [2.24, 2.45) is 0 Å². The molecule has 5 N–H and O–H groups in total. The highest BCUT2D eigenvalue weighted by atomic mass is 16.4. The summed E-state index contributed by atoms with van der Waals surface area (Å²) >= 11 is 0. The number of carbonyl (C=O) groups excluding carboxylic acids is 1. The van der Waals surface area contributed by atoms with E-state index in [0.717, 1.165) is 23.7 Å². The number of β-amino-alcohol motifs (C(OH)–C–C–N with tert-alkyl or cyclic N) is 1. The van der Waals surface area contributed by atoms with Gasteiger partial charge in [0.25, 0.3) is 5.97 Å². The minimum atomic E-state index is -0.833. The van der Waals surface area contributed by atoms with Gasteiger partial charge in [-0.1, -0.05) is 42.5 Å². The second kappa shape index (κ2) is 9.55. The molecule has 1 saturated heterocycles. The molecule has 1 aliphatic heterocycles. The number of benzene rings is 2. The number of carboxylic acid groups (broad SMARTS) is 1. The zero-order valence-electron chi connectivity index (χ0n) is 14.5. The summed E-state index contributed by atoms with van der Waals surface area (Å²) in [5.74, 6) is -0.833. The summed E-state index contributed by atoms with van der Waals surface area (Å²) in [5, 5.41) is 25.6. The molecular weight excluding hydrogens is 334 g/mol. The van der Waals surface area contributed by atoms with Crippen LogP contribution in [-0.2, 0) is 4.79 Å². The molecule has 1 heterocycles. The number of aliphatic hydroxyl groups is 1. The van der Waals surface area contributed by atoms with E-state index in [-0.39, 0.29) is 12.1 Å². The van der Waals surface area contributed by atoms with Gasteiger partial charge in [-0.15, -0.1) is 0 Å². The Morgan fingerprint density at radius 3 is 2.12 bits per heavy atom. The molecule has 2 atom stereocenters. The highest BCUT2D eigenvalue weighted by molar-refractivity contribution is 5.89. The predicted molar refractivity (Wildman–Crippen MR) is 100 cm³/mol. The summed E-state index contributed by atoms with van der Waals surface area (Å²) in [5.41, 5.74) is 2.96. The van der Waals surface area contributed by atoms with Crippen molar-refractivity contribution in [3.63, 3.8) is 0 Å². The number of amides is 2. The van der Waals surface area contributed by atoms with Crippen molar-refractivity contribution in [1.29, 1.82) is 0 Å². The van der Waals surface area contributed by atoms with Crippen LogP contribution in [0, 0.1) is 0 Å². The van der Waals surface area contributed by atoms with Crippen LogP contribution < -0.4 is 16.0 Å². The summed E-state index contributed by atoms with van der Waals surface area (Å²) in [6.45, 7) is 2.18. The summed E-state index contributed by atoms with van der Waals surface area (Å²) < 4.78 is 0. The first-order valence-corrected chi connectivity index (χ1v) is 8.27. The fourth-order valence-electron chi connectivity index (χ4n) is 2.52. The maximum absolute atomic E-state index is 11.9. The maximum atomic E-state index is 11.9. The van der Waals surface area contributed by atoms with E-state index in [1.54, 1.807) is 0 Å². The van der Waals surface area contributed by atoms with Crippen molar-refractivity contribution >= 4 is 17.7 Å². The number of rotatable bonds is 3. The van der Waals surface area contributed by atoms with Gasteiger partial charge in [-0.05, 0) is 23.3 Å². The number of urea groups is 1. The number of carbonyl (C=O) groups is 2. The van der Waals surface area contributed by atoms with Gasteiger partial charge >= 0.3 is 6.03 Å². The molecule has 2 aromatic carbocycles. The number of hydrogen-bond donors (Lipinski definition) is 5. The Kier molecular flexibility index (Phi) is 7.13. The molecule has 138 valence electrons. The molecule has 7 heteroatoms. The quantitative estimate of drug-likeness (QED) is 0.576. The average Bonchev–Trinajstić information content (AvgIpc) is 3.00. The molecular formula is C19H23N3O4. The first-order valence-electron chi connectivity index (χ1n) is 8.27. The fraction of sp³-hybridized carbons (Fsp3) is 0.263. The van der Waals surface area contributed by atoms with Crippen LogP contribution in [0.4, 0.5) is 10.5 Å². The van der Waals surface area contributed by atoms with Gasteiger partial charge in [0.1, 0.15) is 0 Å². The lowest BCUT2D eigenvalue weighted by molar-refractivity contribution is -0.134. The highest BCUT2D eigenvalue weighted by Crippen LogP contribution is 2.20. The molecule has 0 unspecified atom stereocenters. The first kappa shape index (κ1) is 19.4. The highest BCUT2D eigenvalue weighted by Gasteiger charge is 2.26. The summed E-state index contributed by atoms with van der Waals surface area (Å²) in [6.07, 6.45) is -0.536. The topological polar surface area (TPSA) is 111 Å². The second-order valence-corrected chi connectivity index (χ2v) is 5.89. The standard InChI is InChI=1S/C17H19N3O2.C2H4O2/c21-16-11-18-10-15(16)20-17(22)19-14-8-6-13(7-9-14)12-4-2-1-3-5-12;1-2(3)4/h1-9,15-16,18,21H,10-11H2,(H2,19,20,22);1H3,(H,3,4)/t15-,16-;/m1./s1. The summed E-state index contributed by atoms with van der Waals surface area (Å²) in [6, 6.07) is 17.2. The largest absolute Gasteiger partial charge is 0.481 e. The van der Waals surface area contributed by atoms with Crippen LogP contribution in [-0.4, -0.2) is 47.4 Å². The second-order valence-electron chi connectivity index (χ2n) is 5.89. The van der Waals surface area contributed by atoms with Gasteiger partial charge in [-0.2, -0.15) is 0 Å². The minimum absolute atomic E-state index is 0.247. The van der Waals surface area contributed by atoms with Gasteiger partial charge < -0.3 is 26.2 Å². The molecule has 1 fully saturated rings. The molecule has 26 heavy (non-hydrogen) atoms. The molecule has 2 aromatic rings. The SMILES string of the molecule is CC(=O)O.O=C(Nc1ccc(-c2ccccc2)cc1)N[C@@H]1CNC[C@H]1O. The third-order valence-corrected chi connectivity index (χ3v) is 3.75. The van der Waals surface area contributed by atoms with E-state index in [9.17, 15) is 9.90 Å². The molecule has 0 spiro atoms. The van der Waals surface area contributed by atoms with Crippen molar-refractivity contribution < 1.29 is 19.8 Å². The number of hydrogen-bond acceptors (Lipinski definition) is 4. The van der Waals surface area contributed by atoms with Crippen molar-refractivity contribution in [2.45, 2.75) is 19.1 Å². The van der Waals surface area contributed by atoms with Crippen LogP contribution in [0.5, 0.6) is 0 Å². The number of aliphatic carboxylic acids is 1. The predicted octanol–water partition coefficient (Wildman–Crippen LogP) is 1.90. The fourth-order valence-corrected chi connectivity index (χ4v) is 2.52. The molecule has 1 aliphatic rings. The number of anilines is 1. The van der Waals surface area contributed by atoms with Crippen LogP contribution in [0.1, 0.15) is 6.92 Å². The number of nitrogens with one attached hydrogen (secondary N) is 3. The number of carboxylic acids is 1. The summed E-state index contributed by atoms with van der Waals surface area (Å²) in [4.78, 5) is 20.9. The summed E-state index contributed by atoms with van der Waals surface area (Å²) in [7, 11) is 0. The van der Waals surface area contributed by atoms with Crippen LogP contribution in [0.2, 0.25) is 0 Å². The number of aliphatic hydroxyl groups excluding tert-OH is 1. The van der Waals surface area contributed by atoms with Gasteiger partial charge in [0.15, 0.2) is 0 Å². The lowest BCUT2D eigenvalue weighted by atomic mass is 10.1. The van der Waals surface area contributed by atoms with E-state index in [1.165, 1.54) is 0 Å². The monoisotopic (exact) mass is 357 g/mol.